The first-order valence-electron chi connectivity index (χ1n) is 6.35. The van der Waals surface area contributed by atoms with Crippen molar-refractivity contribution in [2.45, 2.75) is 38.8 Å². The molecular formula is C13H26N2O. The molecule has 1 aliphatic heterocycles. The Balaban J connectivity index is 2.19. The van der Waals surface area contributed by atoms with Crippen molar-refractivity contribution in [1.82, 2.24) is 4.90 Å². The number of likely N-dealkylation sites (tertiary alicyclic amines) is 1. The Morgan fingerprint density at radius 3 is 2.88 bits per heavy atom. The van der Waals surface area contributed by atoms with Crippen LogP contribution in [0.25, 0.3) is 0 Å². The van der Waals surface area contributed by atoms with Gasteiger partial charge in [0, 0.05) is 25.2 Å². The maximum absolute atomic E-state index is 6.06. The van der Waals surface area contributed by atoms with Gasteiger partial charge in [0.25, 0.3) is 0 Å². The molecule has 0 amide bonds. The van der Waals surface area contributed by atoms with E-state index in [0.717, 1.165) is 39.1 Å². The van der Waals surface area contributed by atoms with Crippen LogP contribution in [0.4, 0.5) is 0 Å². The van der Waals surface area contributed by atoms with Crippen LogP contribution in [0.5, 0.6) is 0 Å². The van der Waals surface area contributed by atoms with E-state index in [2.05, 4.69) is 25.3 Å². The second-order valence-corrected chi connectivity index (χ2v) is 4.78. The third-order valence-electron chi connectivity index (χ3n) is 3.75. The first kappa shape index (κ1) is 13.7. The summed E-state index contributed by atoms with van der Waals surface area (Å²) in [4.78, 5) is 2.49. The molecule has 3 unspecified atom stereocenters. The highest BCUT2D eigenvalue weighted by atomic mass is 16.5. The molecule has 2 N–H and O–H groups in total. The SMILES string of the molecule is C=CCCOCCN1CCC(N)C(C)C1C. The quantitative estimate of drug-likeness (QED) is 0.553. The molecule has 0 aliphatic carbocycles. The Hall–Kier alpha value is -0.380. The van der Waals surface area contributed by atoms with Crippen molar-refractivity contribution in [3.05, 3.63) is 12.7 Å². The van der Waals surface area contributed by atoms with Gasteiger partial charge in [-0.15, -0.1) is 6.58 Å². The van der Waals surface area contributed by atoms with E-state index < -0.39 is 0 Å². The smallest absolute Gasteiger partial charge is 0.0593 e. The zero-order valence-corrected chi connectivity index (χ0v) is 10.7. The third kappa shape index (κ3) is 3.89. The summed E-state index contributed by atoms with van der Waals surface area (Å²) in [6.07, 6.45) is 3.94. The molecule has 0 aromatic carbocycles. The van der Waals surface area contributed by atoms with Crippen molar-refractivity contribution in [1.29, 1.82) is 0 Å². The summed E-state index contributed by atoms with van der Waals surface area (Å²) in [6.45, 7) is 11.9. The van der Waals surface area contributed by atoms with E-state index in [0.29, 0.717) is 18.0 Å². The lowest BCUT2D eigenvalue weighted by atomic mass is 9.88. The first-order chi connectivity index (χ1) is 7.66. The Bertz CT molecular complexity index is 208. The molecule has 0 spiro atoms. The van der Waals surface area contributed by atoms with Gasteiger partial charge in [0.15, 0.2) is 0 Å². The normalized spacial score (nSPS) is 31.6. The van der Waals surface area contributed by atoms with Crippen molar-refractivity contribution in [3.8, 4) is 0 Å². The minimum Gasteiger partial charge on any atom is -0.380 e. The summed E-state index contributed by atoms with van der Waals surface area (Å²) in [6, 6.07) is 0.944. The molecule has 16 heavy (non-hydrogen) atoms. The molecule has 0 bridgehead atoms. The van der Waals surface area contributed by atoms with Crippen molar-refractivity contribution in [3.63, 3.8) is 0 Å². The lowest BCUT2D eigenvalue weighted by Gasteiger charge is -2.41. The van der Waals surface area contributed by atoms with Gasteiger partial charge in [0.1, 0.15) is 0 Å². The molecule has 1 saturated heterocycles. The standard InChI is InChI=1S/C13H26N2O/c1-4-5-9-16-10-8-15-7-6-13(14)11(2)12(15)3/h4,11-13H,1,5-10,14H2,2-3H3. The number of ether oxygens (including phenoxy) is 1. The lowest BCUT2D eigenvalue weighted by Crippen LogP contribution is -2.52. The van der Waals surface area contributed by atoms with E-state index >= 15 is 0 Å². The van der Waals surface area contributed by atoms with Crippen LogP contribution < -0.4 is 5.73 Å². The monoisotopic (exact) mass is 226 g/mol. The van der Waals surface area contributed by atoms with Crippen molar-refractivity contribution >= 4 is 0 Å². The lowest BCUT2D eigenvalue weighted by molar-refractivity contribution is 0.0522. The average Bonchev–Trinajstić information content (AvgIpc) is 2.28. The molecule has 1 rings (SSSR count). The Kier molecular flexibility index (Phi) is 6.03. The summed E-state index contributed by atoms with van der Waals surface area (Å²) < 4.78 is 5.54. The zero-order valence-electron chi connectivity index (χ0n) is 10.7. The van der Waals surface area contributed by atoms with Crippen LogP contribution in [0.15, 0.2) is 12.7 Å². The predicted octanol–water partition coefficient (Wildman–Crippen LogP) is 1.64. The minimum absolute atomic E-state index is 0.368. The molecule has 0 aromatic rings. The van der Waals surface area contributed by atoms with E-state index in [9.17, 15) is 0 Å². The summed E-state index contributed by atoms with van der Waals surface area (Å²) in [5, 5.41) is 0. The van der Waals surface area contributed by atoms with Crippen LogP contribution in [0.3, 0.4) is 0 Å². The van der Waals surface area contributed by atoms with Gasteiger partial charge in [-0.1, -0.05) is 13.0 Å². The molecule has 1 aliphatic rings. The topological polar surface area (TPSA) is 38.5 Å². The summed E-state index contributed by atoms with van der Waals surface area (Å²) >= 11 is 0. The van der Waals surface area contributed by atoms with Crippen LogP contribution >= 0.6 is 0 Å². The van der Waals surface area contributed by atoms with E-state index in [1.54, 1.807) is 0 Å². The van der Waals surface area contributed by atoms with Crippen LogP contribution in [0.1, 0.15) is 26.7 Å². The van der Waals surface area contributed by atoms with Gasteiger partial charge in [-0.25, -0.2) is 0 Å². The molecule has 3 nitrogen and oxygen atoms in total. The minimum atomic E-state index is 0.368. The molecule has 0 radical (unpaired) electrons. The van der Waals surface area contributed by atoms with Gasteiger partial charge in [-0.05, 0) is 25.7 Å². The maximum atomic E-state index is 6.06. The highest BCUT2D eigenvalue weighted by molar-refractivity contribution is 4.86. The van der Waals surface area contributed by atoms with Crippen LogP contribution in [0.2, 0.25) is 0 Å². The van der Waals surface area contributed by atoms with Gasteiger partial charge in [0.2, 0.25) is 0 Å². The molecule has 0 aromatic heterocycles. The van der Waals surface area contributed by atoms with Crippen LogP contribution in [-0.2, 0) is 4.74 Å². The number of nitrogens with zero attached hydrogens (tertiary/aromatic N) is 1. The van der Waals surface area contributed by atoms with E-state index in [-0.39, 0.29) is 0 Å². The fourth-order valence-electron chi connectivity index (χ4n) is 2.24. The number of nitrogens with two attached hydrogens (primary N) is 1. The van der Waals surface area contributed by atoms with Crippen LogP contribution in [0, 0.1) is 5.92 Å². The van der Waals surface area contributed by atoms with Gasteiger partial charge < -0.3 is 10.5 Å². The molecule has 94 valence electrons. The fourth-order valence-corrected chi connectivity index (χ4v) is 2.24. The molecule has 1 heterocycles. The molecule has 3 heteroatoms. The average molecular weight is 226 g/mol. The van der Waals surface area contributed by atoms with Gasteiger partial charge in [-0.2, -0.15) is 0 Å². The van der Waals surface area contributed by atoms with Crippen molar-refractivity contribution < 1.29 is 4.74 Å². The summed E-state index contributed by atoms with van der Waals surface area (Å²) in [7, 11) is 0. The number of piperidine rings is 1. The van der Waals surface area contributed by atoms with E-state index in [1.807, 2.05) is 6.08 Å². The number of hydrogen-bond acceptors (Lipinski definition) is 3. The number of hydrogen-bond donors (Lipinski definition) is 1. The first-order valence-corrected chi connectivity index (χ1v) is 6.35. The van der Waals surface area contributed by atoms with Crippen molar-refractivity contribution in [2.75, 3.05) is 26.3 Å². The van der Waals surface area contributed by atoms with E-state index in [1.165, 1.54) is 0 Å². The third-order valence-corrected chi connectivity index (χ3v) is 3.75. The Labute approximate surface area is 99.6 Å². The highest BCUT2D eigenvalue weighted by Crippen LogP contribution is 2.21. The van der Waals surface area contributed by atoms with Crippen LogP contribution in [-0.4, -0.2) is 43.3 Å². The Morgan fingerprint density at radius 2 is 2.19 bits per heavy atom. The predicted molar refractivity (Wildman–Crippen MR) is 68.4 cm³/mol. The summed E-state index contributed by atoms with van der Waals surface area (Å²) in [5.41, 5.74) is 6.06. The molecule has 0 saturated carbocycles. The fraction of sp³-hybridized carbons (Fsp3) is 0.846. The maximum Gasteiger partial charge on any atom is 0.0593 e. The summed E-state index contributed by atoms with van der Waals surface area (Å²) in [5.74, 6) is 0.585. The molecular weight excluding hydrogens is 200 g/mol. The zero-order chi connectivity index (χ0) is 12.0. The number of rotatable bonds is 6. The van der Waals surface area contributed by atoms with Crippen molar-refractivity contribution in [2.24, 2.45) is 11.7 Å². The second-order valence-electron chi connectivity index (χ2n) is 4.78. The highest BCUT2D eigenvalue weighted by Gasteiger charge is 2.29. The van der Waals surface area contributed by atoms with Gasteiger partial charge in [-0.3, -0.25) is 4.90 Å². The van der Waals surface area contributed by atoms with Gasteiger partial charge >= 0.3 is 0 Å². The molecule has 1 fully saturated rings. The van der Waals surface area contributed by atoms with E-state index in [4.69, 9.17) is 10.5 Å². The largest absolute Gasteiger partial charge is 0.380 e. The Morgan fingerprint density at radius 1 is 1.44 bits per heavy atom. The molecule has 3 atom stereocenters. The van der Waals surface area contributed by atoms with Gasteiger partial charge in [0.05, 0.1) is 13.2 Å². The second kappa shape index (κ2) is 7.05.